The molecule has 0 saturated carbocycles. The summed E-state index contributed by atoms with van der Waals surface area (Å²) in [7, 11) is 0. The Morgan fingerprint density at radius 1 is 1.37 bits per heavy atom. The van der Waals surface area contributed by atoms with Crippen LogP contribution < -0.4 is 5.32 Å². The Kier molecular flexibility index (Phi) is 5.79. The van der Waals surface area contributed by atoms with Gasteiger partial charge in [-0.2, -0.15) is 23.5 Å². The van der Waals surface area contributed by atoms with Crippen molar-refractivity contribution in [3.05, 3.63) is 41.7 Å². The monoisotopic (exact) mass is 297 g/mol. The topological polar surface area (TPSA) is 29.1 Å². The molecule has 19 heavy (non-hydrogen) atoms. The largest absolute Gasteiger partial charge is 0.351 e. The summed E-state index contributed by atoms with van der Waals surface area (Å²) in [4.78, 5) is 11.6. The first-order valence-electron chi connectivity index (χ1n) is 6.15. The standard InChI is InChI=1S/C14H16FNOS2/c15-12-4-1-11(2-5-12)3-6-14(17)16-9-13-10-18-7-8-19-13/h1-6,13H,7-10H2,(H,16,17)/b6-3+/t13-/m0/s1. The Hall–Kier alpha value is -0.940. The fourth-order valence-electron chi connectivity index (χ4n) is 1.67. The Morgan fingerprint density at radius 3 is 2.84 bits per heavy atom. The predicted octanol–water partition coefficient (Wildman–Crippen LogP) is 2.80. The maximum absolute atomic E-state index is 12.7. The van der Waals surface area contributed by atoms with Crippen LogP contribution in [0.1, 0.15) is 5.56 Å². The van der Waals surface area contributed by atoms with Crippen LogP contribution in [-0.4, -0.2) is 35.0 Å². The Bertz CT molecular complexity index is 441. The van der Waals surface area contributed by atoms with Crippen molar-refractivity contribution in [1.82, 2.24) is 5.32 Å². The summed E-state index contributed by atoms with van der Waals surface area (Å²) in [5.41, 5.74) is 0.819. The molecule has 0 aromatic heterocycles. The van der Waals surface area contributed by atoms with Crippen LogP contribution in [0, 0.1) is 5.82 Å². The van der Waals surface area contributed by atoms with Gasteiger partial charge in [0.15, 0.2) is 0 Å². The zero-order chi connectivity index (χ0) is 13.5. The van der Waals surface area contributed by atoms with Crippen LogP contribution in [0.2, 0.25) is 0 Å². The normalized spacial score (nSPS) is 19.5. The van der Waals surface area contributed by atoms with Gasteiger partial charge in [0.2, 0.25) is 5.91 Å². The van der Waals surface area contributed by atoms with Gasteiger partial charge >= 0.3 is 0 Å². The smallest absolute Gasteiger partial charge is 0.244 e. The summed E-state index contributed by atoms with van der Waals surface area (Å²) in [6, 6.07) is 6.06. The molecule has 1 aliphatic rings. The molecule has 1 N–H and O–H groups in total. The Labute approximate surface area is 121 Å². The summed E-state index contributed by atoms with van der Waals surface area (Å²) in [6.07, 6.45) is 3.19. The van der Waals surface area contributed by atoms with Crippen molar-refractivity contribution in [2.24, 2.45) is 0 Å². The van der Waals surface area contributed by atoms with Gasteiger partial charge in [-0.3, -0.25) is 4.79 Å². The van der Waals surface area contributed by atoms with Crippen molar-refractivity contribution in [1.29, 1.82) is 0 Å². The number of rotatable bonds is 4. The van der Waals surface area contributed by atoms with E-state index in [-0.39, 0.29) is 11.7 Å². The first kappa shape index (κ1) is 14.5. The van der Waals surface area contributed by atoms with E-state index < -0.39 is 0 Å². The lowest BCUT2D eigenvalue weighted by Gasteiger charge is -2.20. The molecule has 1 amide bonds. The van der Waals surface area contributed by atoms with Gasteiger partial charge in [-0.05, 0) is 23.8 Å². The van der Waals surface area contributed by atoms with Crippen LogP contribution in [0.3, 0.4) is 0 Å². The van der Waals surface area contributed by atoms with E-state index >= 15 is 0 Å². The number of carbonyl (C=O) groups is 1. The third-order valence-corrected chi connectivity index (χ3v) is 5.53. The van der Waals surface area contributed by atoms with Gasteiger partial charge in [0, 0.05) is 35.1 Å². The van der Waals surface area contributed by atoms with E-state index in [1.165, 1.54) is 24.0 Å². The van der Waals surface area contributed by atoms with Crippen LogP contribution in [0.5, 0.6) is 0 Å². The molecule has 1 heterocycles. The average molecular weight is 297 g/mol. The molecular weight excluding hydrogens is 281 g/mol. The number of halogens is 1. The molecule has 1 fully saturated rings. The van der Waals surface area contributed by atoms with Gasteiger partial charge < -0.3 is 5.32 Å². The van der Waals surface area contributed by atoms with Gasteiger partial charge in [0.1, 0.15) is 5.82 Å². The molecule has 0 unspecified atom stereocenters. The molecule has 1 atom stereocenters. The van der Waals surface area contributed by atoms with E-state index in [0.29, 0.717) is 11.8 Å². The highest BCUT2D eigenvalue weighted by Crippen LogP contribution is 2.23. The summed E-state index contributed by atoms with van der Waals surface area (Å²) in [5.74, 6) is 3.11. The molecule has 0 radical (unpaired) electrons. The van der Waals surface area contributed by atoms with Crippen molar-refractivity contribution in [3.63, 3.8) is 0 Å². The van der Waals surface area contributed by atoms with Crippen molar-refractivity contribution < 1.29 is 9.18 Å². The van der Waals surface area contributed by atoms with E-state index in [9.17, 15) is 9.18 Å². The average Bonchev–Trinajstić information content (AvgIpc) is 2.45. The number of amides is 1. The summed E-state index contributed by atoms with van der Waals surface area (Å²) < 4.78 is 12.7. The van der Waals surface area contributed by atoms with Gasteiger partial charge in [0.05, 0.1) is 0 Å². The molecule has 0 aliphatic carbocycles. The van der Waals surface area contributed by atoms with Crippen molar-refractivity contribution in [3.8, 4) is 0 Å². The van der Waals surface area contributed by atoms with Gasteiger partial charge in [0.25, 0.3) is 0 Å². The summed E-state index contributed by atoms with van der Waals surface area (Å²) >= 11 is 3.86. The highest BCUT2D eigenvalue weighted by atomic mass is 32.2. The van der Waals surface area contributed by atoms with E-state index in [1.54, 1.807) is 18.2 Å². The minimum Gasteiger partial charge on any atom is -0.351 e. The Morgan fingerprint density at radius 2 is 2.16 bits per heavy atom. The van der Waals surface area contributed by atoms with Gasteiger partial charge in [-0.1, -0.05) is 12.1 Å². The van der Waals surface area contributed by atoms with E-state index in [2.05, 4.69) is 5.32 Å². The van der Waals surface area contributed by atoms with E-state index in [4.69, 9.17) is 0 Å². The minimum absolute atomic E-state index is 0.0968. The van der Waals surface area contributed by atoms with Crippen LogP contribution in [0.4, 0.5) is 4.39 Å². The highest BCUT2D eigenvalue weighted by molar-refractivity contribution is 8.06. The second kappa shape index (κ2) is 7.60. The molecule has 1 aliphatic heterocycles. The van der Waals surface area contributed by atoms with Crippen molar-refractivity contribution in [2.75, 3.05) is 23.8 Å². The third-order valence-electron chi connectivity index (χ3n) is 2.69. The second-order valence-electron chi connectivity index (χ2n) is 4.20. The zero-order valence-corrected chi connectivity index (χ0v) is 12.1. The van der Waals surface area contributed by atoms with E-state index in [1.807, 2.05) is 23.5 Å². The molecule has 1 saturated heterocycles. The first-order chi connectivity index (χ1) is 9.24. The maximum Gasteiger partial charge on any atom is 0.244 e. The fourth-order valence-corrected chi connectivity index (χ4v) is 4.29. The first-order valence-corrected chi connectivity index (χ1v) is 8.35. The maximum atomic E-state index is 12.7. The molecular formula is C14H16FNOS2. The van der Waals surface area contributed by atoms with Crippen molar-refractivity contribution in [2.45, 2.75) is 5.25 Å². The molecule has 1 aromatic carbocycles. The number of benzene rings is 1. The van der Waals surface area contributed by atoms with Crippen LogP contribution in [0.25, 0.3) is 6.08 Å². The lowest BCUT2D eigenvalue weighted by atomic mass is 10.2. The van der Waals surface area contributed by atoms with Gasteiger partial charge in [-0.15, -0.1) is 0 Å². The molecule has 1 aromatic rings. The predicted molar refractivity (Wildman–Crippen MR) is 82.0 cm³/mol. The zero-order valence-electron chi connectivity index (χ0n) is 10.5. The van der Waals surface area contributed by atoms with Crippen LogP contribution in [-0.2, 0) is 4.79 Å². The number of carbonyl (C=O) groups excluding carboxylic acids is 1. The number of thioether (sulfide) groups is 2. The van der Waals surface area contributed by atoms with Crippen LogP contribution >= 0.6 is 23.5 Å². The number of hydrogen-bond acceptors (Lipinski definition) is 3. The molecule has 0 spiro atoms. The highest BCUT2D eigenvalue weighted by Gasteiger charge is 2.14. The molecule has 0 bridgehead atoms. The van der Waals surface area contributed by atoms with Gasteiger partial charge in [-0.25, -0.2) is 4.39 Å². The van der Waals surface area contributed by atoms with Crippen LogP contribution in [0.15, 0.2) is 30.3 Å². The Balaban J connectivity index is 1.75. The number of nitrogens with one attached hydrogen (secondary N) is 1. The molecule has 5 heteroatoms. The van der Waals surface area contributed by atoms with Crippen molar-refractivity contribution >= 4 is 35.5 Å². The van der Waals surface area contributed by atoms with E-state index in [0.717, 1.165) is 17.1 Å². The second-order valence-corrected chi connectivity index (χ2v) is 6.76. The molecule has 2 nitrogen and oxygen atoms in total. The lowest BCUT2D eigenvalue weighted by molar-refractivity contribution is -0.116. The third kappa shape index (κ3) is 5.28. The summed E-state index contributed by atoms with van der Waals surface area (Å²) in [5, 5.41) is 3.42. The quantitative estimate of drug-likeness (QED) is 0.867. The fraction of sp³-hybridized carbons (Fsp3) is 0.357. The molecule has 2 rings (SSSR count). The SMILES string of the molecule is O=C(/C=C/c1ccc(F)cc1)NC[C@H]1CSCCS1. The lowest BCUT2D eigenvalue weighted by Crippen LogP contribution is -2.32. The number of hydrogen-bond donors (Lipinski definition) is 1. The summed E-state index contributed by atoms with van der Waals surface area (Å²) in [6.45, 7) is 0.713. The molecule has 102 valence electrons. The minimum atomic E-state index is -0.270.